The van der Waals surface area contributed by atoms with Crippen LogP contribution in [0.3, 0.4) is 0 Å². The van der Waals surface area contributed by atoms with Crippen LogP contribution < -0.4 is 16.0 Å². The van der Waals surface area contributed by atoms with Gasteiger partial charge >= 0.3 is 0 Å². The average Bonchev–Trinajstić information content (AvgIpc) is 2.52. The Hall–Kier alpha value is -1.66. The maximum atomic E-state index is 12.1. The number of piperazine rings is 1. The van der Waals surface area contributed by atoms with Gasteiger partial charge in [0.2, 0.25) is 0 Å². The molecule has 2 rings (SSSR count). The zero-order valence-corrected chi connectivity index (χ0v) is 12.7. The van der Waals surface area contributed by atoms with Gasteiger partial charge in [0, 0.05) is 44.5 Å². The van der Waals surface area contributed by atoms with E-state index >= 15 is 0 Å². The van der Waals surface area contributed by atoms with Crippen LogP contribution in [0.4, 0.5) is 5.82 Å². The third-order valence-electron chi connectivity index (χ3n) is 3.75. The number of carbonyl (C=O) groups is 1. The number of hydrogen-bond donors (Lipinski definition) is 2. The van der Waals surface area contributed by atoms with Crippen molar-refractivity contribution in [2.75, 3.05) is 51.2 Å². The highest BCUT2D eigenvalue weighted by Crippen LogP contribution is 2.14. The molecule has 2 heterocycles. The second kappa shape index (κ2) is 7.95. The van der Waals surface area contributed by atoms with Gasteiger partial charge in [0.15, 0.2) is 0 Å². The molecule has 1 aromatic heterocycles. The van der Waals surface area contributed by atoms with Gasteiger partial charge in [-0.3, -0.25) is 4.79 Å². The third kappa shape index (κ3) is 4.68. The highest BCUT2D eigenvalue weighted by Gasteiger charge is 2.16. The smallest absolute Gasteiger partial charge is 0.251 e. The van der Waals surface area contributed by atoms with Gasteiger partial charge in [0.1, 0.15) is 5.82 Å². The number of hydrogen-bond acceptors (Lipinski definition) is 5. The molecule has 0 bridgehead atoms. The molecule has 6 heteroatoms. The van der Waals surface area contributed by atoms with Gasteiger partial charge in [-0.25, -0.2) is 4.98 Å². The first-order valence-corrected chi connectivity index (χ1v) is 7.58. The number of nitrogens with one attached hydrogen (secondary N) is 1. The van der Waals surface area contributed by atoms with Crippen LogP contribution in [-0.4, -0.2) is 62.1 Å². The number of nitrogens with zero attached hydrogens (tertiary/aromatic N) is 3. The van der Waals surface area contributed by atoms with Crippen molar-refractivity contribution in [2.45, 2.75) is 12.8 Å². The summed E-state index contributed by atoms with van der Waals surface area (Å²) in [5, 5.41) is 2.92. The second-order valence-electron chi connectivity index (χ2n) is 5.44. The largest absolute Gasteiger partial charge is 0.354 e. The topological polar surface area (TPSA) is 74.5 Å². The molecule has 0 atom stereocenters. The summed E-state index contributed by atoms with van der Waals surface area (Å²) in [5.74, 6) is 0.850. The van der Waals surface area contributed by atoms with E-state index in [1.54, 1.807) is 12.3 Å². The predicted octanol–water partition coefficient (Wildman–Crippen LogP) is 0.302. The number of aromatic nitrogens is 1. The molecule has 0 saturated carbocycles. The molecule has 1 aliphatic heterocycles. The molecule has 116 valence electrons. The van der Waals surface area contributed by atoms with E-state index in [1.165, 1.54) is 0 Å². The molecule has 0 aliphatic carbocycles. The molecule has 0 unspecified atom stereocenters. The highest BCUT2D eigenvalue weighted by molar-refractivity contribution is 5.94. The van der Waals surface area contributed by atoms with Gasteiger partial charge in [-0.1, -0.05) is 0 Å². The summed E-state index contributed by atoms with van der Waals surface area (Å²) in [6.45, 7) is 5.28. The summed E-state index contributed by atoms with van der Waals surface area (Å²) in [6, 6.07) is 3.64. The number of nitrogens with two attached hydrogens (primary N) is 1. The number of unbranched alkanes of at least 4 members (excludes halogenated alkanes) is 1. The Labute approximate surface area is 126 Å². The molecule has 21 heavy (non-hydrogen) atoms. The number of amides is 1. The van der Waals surface area contributed by atoms with Crippen LogP contribution in [-0.2, 0) is 0 Å². The van der Waals surface area contributed by atoms with E-state index in [2.05, 4.69) is 27.1 Å². The van der Waals surface area contributed by atoms with Crippen LogP contribution in [0.25, 0.3) is 0 Å². The summed E-state index contributed by atoms with van der Waals surface area (Å²) in [4.78, 5) is 21.0. The van der Waals surface area contributed by atoms with Crippen molar-refractivity contribution >= 4 is 11.7 Å². The summed E-state index contributed by atoms with van der Waals surface area (Å²) in [7, 11) is 2.12. The molecule has 1 fully saturated rings. The summed E-state index contributed by atoms with van der Waals surface area (Å²) in [5.41, 5.74) is 6.11. The van der Waals surface area contributed by atoms with Crippen molar-refractivity contribution in [1.29, 1.82) is 0 Å². The Morgan fingerprint density at radius 2 is 2.10 bits per heavy atom. The maximum absolute atomic E-state index is 12.1. The van der Waals surface area contributed by atoms with E-state index in [0.29, 0.717) is 18.7 Å². The Bertz CT molecular complexity index is 457. The number of rotatable bonds is 6. The lowest BCUT2D eigenvalue weighted by atomic mass is 10.2. The minimum Gasteiger partial charge on any atom is -0.354 e. The van der Waals surface area contributed by atoms with E-state index in [-0.39, 0.29) is 5.91 Å². The number of anilines is 1. The average molecular weight is 291 g/mol. The normalized spacial score (nSPS) is 16.0. The Morgan fingerprint density at radius 1 is 1.33 bits per heavy atom. The van der Waals surface area contributed by atoms with Crippen molar-refractivity contribution in [3.63, 3.8) is 0 Å². The van der Waals surface area contributed by atoms with Crippen LogP contribution in [0, 0.1) is 0 Å². The standard InChI is InChI=1S/C15H25N5O/c1-19-8-10-20(11-9-19)14-12-13(4-7-17-14)15(21)18-6-3-2-5-16/h4,7,12H,2-3,5-6,8-11,16H2,1H3,(H,18,21). The van der Waals surface area contributed by atoms with E-state index in [9.17, 15) is 4.79 Å². The minimum absolute atomic E-state index is 0.0372. The van der Waals surface area contributed by atoms with E-state index in [4.69, 9.17) is 5.73 Å². The maximum Gasteiger partial charge on any atom is 0.251 e. The fraction of sp³-hybridized carbons (Fsp3) is 0.600. The highest BCUT2D eigenvalue weighted by atomic mass is 16.1. The molecule has 3 N–H and O–H groups in total. The zero-order chi connectivity index (χ0) is 15.1. The SMILES string of the molecule is CN1CCN(c2cc(C(=O)NCCCCN)ccn2)CC1. The zero-order valence-electron chi connectivity index (χ0n) is 12.7. The van der Waals surface area contributed by atoms with Crippen molar-refractivity contribution in [1.82, 2.24) is 15.2 Å². The molecular weight excluding hydrogens is 266 g/mol. The minimum atomic E-state index is -0.0372. The van der Waals surface area contributed by atoms with Crippen molar-refractivity contribution in [2.24, 2.45) is 5.73 Å². The first kappa shape index (κ1) is 15.7. The van der Waals surface area contributed by atoms with E-state index in [0.717, 1.165) is 44.8 Å². The second-order valence-corrected chi connectivity index (χ2v) is 5.44. The molecule has 1 saturated heterocycles. The first-order chi connectivity index (χ1) is 10.2. The number of likely N-dealkylation sites (N-methyl/N-ethyl adjacent to an activating group) is 1. The molecule has 1 amide bonds. The fourth-order valence-electron chi connectivity index (χ4n) is 2.34. The van der Waals surface area contributed by atoms with Gasteiger partial charge in [0.05, 0.1) is 0 Å². The molecule has 0 spiro atoms. The van der Waals surface area contributed by atoms with Gasteiger partial charge < -0.3 is 20.9 Å². The lowest BCUT2D eigenvalue weighted by Crippen LogP contribution is -2.44. The summed E-state index contributed by atoms with van der Waals surface area (Å²) < 4.78 is 0. The predicted molar refractivity (Wildman–Crippen MR) is 84.6 cm³/mol. The van der Waals surface area contributed by atoms with Crippen molar-refractivity contribution in [3.8, 4) is 0 Å². The quantitative estimate of drug-likeness (QED) is 0.738. The number of pyridine rings is 1. The van der Waals surface area contributed by atoms with Gasteiger partial charge in [0.25, 0.3) is 5.91 Å². The van der Waals surface area contributed by atoms with Crippen LogP contribution in [0.5, 0.6) is 0 Å². The molecule has 1 aromatic rings. The Kier molecular flexibility index (Phi) is 5.95. The van der Waals surface area contributed by atoms with Crippen LogP contribution in [0.2, 0.25) is 0 Å². The van der Waals surface area contributed by atoms with E-state index < -0.39 is 0 Å². The number of carbonyl (C=O) groups excluding carboxylic acids is 1. The van der Waals surface area contributed by atoms with Crippen LogP contribution >= 0.6 is 0 Å². The Morgan fingerprint density at radius 3 is 2.81 bits per heavy atom. The van der Waals surface area contributed by atoms with Crippen LogP contribution in [0.15, 0.2) is 18.3 Å². The lowest BCUT2D eigenvalue weighted by molar-refractivity contribution is 0.0953. The third-order valence-corrected chi connectivity index (χ3v) is 3.75. The van der Waals surface area contributed by atoms with Gasteiger partial charge in [-0.05, 0) is 38.6 Å². The lowest BCUT2D eigenvalue weighted by Gasteiger charge is -2.33. The summed E-state index contributed by atoms with van der Waals surface area (Å²) in [6.07, 6.45) is 3.56. The molecule has 6 nitrogen and oxygen atoms in total. The fourth-order valence-corrected chi connectivity index (χ4v) is 2.34. The van der Waals surface area contributed by atoms with Gasteiger partial charge in [-0.15, -0.1) is 0 Å². The van der Waals surface area contributed by atoms with Crippen LogP contribution in [0.1, 0.15) is 23.2 Å². The van der Waals surface area contributed by atoms with Gasteiger partial charge in [-0.2, -0.15) is 0 Å². The first-order valence-electron chi connectivity index (χ1n) is 7.58. The molecule has 0 aromatic carbocycles. The molecular formula is C15H25N5O. The Balaban J connectivity index is 1.92. The molecule has 0 radical (unpaired) electrons. The van der Waals surface area contributed by atoms with E-state index in [1.807, 2.05) is 6.07 Å². The van der Waals surface area contributed by atoms with Crippen molar-refractivity contribution < 1.29 is 4.79 Å². The van der Waals surface area contributed by atoms with Crippen molar-refractivity contribution in [3.05, 3.63) is 23.9 Å². The summed E-state index contributed by atoms with van der Waals surface area (Å²) >= 11 is 0. The monoisotopic (exact) mass is 291 g/mol. The molecule has 1 aliphatic rings.